The fourth-order valence-electron chi connectivity index (χ4n) is 3.28. The highest BCUT2D eigenvalue weighted by molar-refractivity contribution is 4.81. The molecule has 0 unspecified atom stereocenters. The Morgan fingerprint density at radius 3 is 1.58 bits per heavy atom. The smallest absolute Gasteiger partial charge is 0.000559 e. The minimum absolute atomic E-state index is 1.01. The van der Waals surface area contributed by atoms with Crippen molar-refractivity contribution in [2.45, 2.75) is 90.9 Å². The van der Waals surface area contributed by atoms with E-state index in [2.05, 4.69) is 19.2 Å². The minimum atomic E-state index is 1.01. The lowest BCUT2D eigenvalue weighted by atomic mass is 9.80. The Balaban J connectivity index is 2.05. The molecule has 1 aliphatic heterocycles. The first-order valence-electron chi connectivity index (χ1n) is 9.09. The second kappa shape index (κ2) is 11.8. The van der Waals surface area contributed by atoms with Gasteiger partial charge in [0.15, 0.2) is 0 Å². The van der Waals surface area contributed by atoms with Crippen LogP contribution in [0.2, 0.25) is 0 Å². The van der Waals surface area contributed by atoms with E-state index in [0.29, 0.717) is 0 Å². The van der Waals surface area contributed by atoms with Gasteiger partial charge in [0.25, 0.3) is 0 Å². The van der Waals surface area contributed by atoms with E-state index in [-0.39, 0.29) is 0 Å². The number of rotatable bonds is 13. The van der Waals surface area contributed by atoms with Crippen LogP contribution in [-0.2, 0) is 0 Å². The van der Waals surface area contributed by atoms with Crippen molar-refractivity contribution in [1.82, 2.24) is 5.32 Å². The summed E-state index contributed by atoms with van der Waals surface area (Å²) in [6, 6.07) is 0. The van der Waals surface area contributed by atoms with Crippen LogP contribution in [0.1, 0.15) is 90.9 Å². The van der Waals surface area contributed by atoms with Crippen LogP contribution >= 0.6 is 0 Å². The molecule has 0 saturated carbocycles. The van der Waals surface area contributed by atoms with Gasteiger partial charge in [-0.05, 0) is 24.9 Å². The zero-order valence-electron chi connectivity index (χ0n) is 13.6. The van der Waals surface area contributed by atoms with Gasteiger partial charge in [0.05, 0.1) is 0 Å². The van der Waals surface area contributed by atoms with Crippen LogP contribution in [-0.4, -0.2) is 13.1 Å². The molecule has 0 atom stereocenters. The first-order valence-corrected chi connectivity index (χ1v) is 9.09. The van der Waals surface area contributed by atoms with Crippen LogP contribution in [0.15, 0.2) is 0 Å². The van der Waals surface area contributed by atoms with Gasteiger partial charge in [-0.25, -0.2) is 0 Å². The maximum Gasteiger partial charge on any atom is -0.000559 e. The van der Waals surface area contributed by atoms with Gasteiger partial charge < -0.3 is 5.32 Å². The Labute approximate surface area is 121 Å². The SMILES string of the molecule is CCCCCCCC(CCCCCCC)C1CNC1. The van der Waals surface area contributed by atoms with Crippen molar-refractivity contribution in [1.29, 1.82) is 0 Å². The van der Waals surface area contributed by atoms with Crippen molar-refractivity contribution >= 4 is 0 Å². The predicted molar refractivity (Wildman–Crippen MR) is 86.6 cm³/mol. The fraction of sp³-hybridized carbons (Fsp3) is 1.00. The zero-order chi connectivity index (χ0) is 13.8. The lowest BCUT2D eigenvalue weighted by molar-refractivity contribution is 0.202. The second-order valence-electron chi connectivity index (χ2n) is 6.58. The average Bonchev–Trinajstić information content (AvgIpc) is 2.35. The van der Waals surface area contributed by atoms with E-state index in [1.165, 1.54) is 90.1 Å². The van der Waals surface area contributed by atoms with Gasteiger partial charge in [0, 0.05) is 0 Å². The summed E-state index contributed by atoms with van der Waals surface area (Å²) in [5, 5.41) is 3.46. The van der Waals surface area contributed by atoms with E-state index in [4.69, 9.17) is 0 Å². The second-order valence-corrected chi connectivity index (χ2v) is 6.58. The quantitative estimate of drug-likeness (QED) is 0.432. The third kappa shape index (κ3) is 7.97. The van der Waals surface area contributed by atoms with E-state index in [9.17, 15) is 0 Å². The van der Waals surface area contributed by atoms with E-state index in [1.807, 2.05) is 0 Å². The molecule has 1 N–H and O–H groups in total. The summed E-state index contributed by atoms with van der Waals surface area (Å²) in [5.41, 5.74) is 0. The normalized spacial score (nSPS) is 15.9. The molecule has 1 heteroatoms. The van der Waals surface area contributed by atoms with Gasteiger partial charge in [-0.15, -0.1) is 0 Å². The largest absolute Gasteiger partial charge is 0.316 e. The lowest BCUT2D eigenvalue weighted by Crippen LogP contribution is -2.46. The Kier molecular flexibility index (Phi) is 10.5. The zero-order valence-corrected chi connectivity index (χ0v) is 13.6. The number of hydrogen-bond acceptors (Lipinski definition) is 1. The highest BCUT2D eigenvalue weighted by Crippen LogP contribution is 2.28. The van der Waals surface area contributed by atoms with Crippen LogP contribution in [0, 0.1) is 11.8 Å². The van der Waals surface area contributed by atoms with Gasteiger partial charge in [0.1, 0.15) is 0 Å². The average molecular weight is 268 g/mol. The van der Waals surface area contributed by atoms with Gasteiger partial charge in [-0.2, -0.15) is 0 Å². The molecule has 0 radical (unpaired) electrons. The van der Waals surface area contributed by atoms with Crippen molar-refractivity contribution < 1.29 is 0 Å². The summed E-state index contributed by atoms with van der Waals surface area (Å²) < 4.78 is 0. The molecule has 1 aliphatic rings. The van der Waals surface area contributed by atoms with Crippen molar-refractivity contribution in [3.8, 4) is 0 Å². The van der Waals surface area contributed by atoms with Crippen molar-refractivity contribution in [2.75, 3.05) is 13.1 Å². The van der Waals surface area contributed by atoms with E-state index < -0.39 is 0 Å². The molecule has 1 nitrogen and oxygen atoms in total. The minimum Gasteiger partial charge on any atom is -0.316 e. The van der Waals surface area contributed by atoms with Gasteiger partial charge in [-0.1, -0.05) is 90.9 Å². The molecule has 0 aromatic rings. The Morgan fingerprint density at radius 1 is 0.737 bits per heavy atom. The summed E-state index contributed by atoms with van der Waals surface area (Å²) in [4.78, 5) is 0. The van der Waals surface area contributed by atoms with Crippen LogP contribution < -0.4 is 5.32 Å². The summed E-state index contributed by atoms with van der Waals surface area (Å²) in [7, 11) is 0. The highest BCUT2D eigenvalue weighted by Gasteiger charge is 2.25. The first kappa shape index (κ1) is 17.0. The van der Waals surface area contributed by atoms with E-state index in [0.717, 1.165) is 11.8 Å². The maximum absolute atomic E-state index is 3.46. The summed E-state index contributed by atoms with van der Waals surface area (Å²) >= 11 is 0. The van der Waals surface area contributed by atoms with Crippen molar-refractivity contribution in [3.05, 3.63) is 0 Å². The fourth-order valence-corrected chi connectivity index (χ4v) is 3.28. The molecule has 19 heavy (non-hydrogen) atoms. The van der Waals surface area contributed by atoms with Crippen LogP contribution in [0.5, 0.6) is 0 Å². The highest BCUT2D eigenvalue weighted by atomic mass is 14.9. The summed E-state index contributed by atoms with van der Waals surface area (Å²) in [5.74, 6) is 2.04. The van der Waals surface area contributed by atoms with Gasteiger partial charge >= 0.3 is 0 Å². The summed E-state index contributed by atoms with van der Waals surface area (Å²) in [6.45, 7) is 7.21. The Hall–Kier alpha value is -0.0400. The molecule has 114 valence electrons. The molecule has 1 fully saturated rings. The maximum atomic E-state index is 3.46. The Morgan fingerprint density at radius 2 is 1.21 bits per heavy atom. The molecule has 0 aliphatic carbocycles. The number of nitrogens with one attached hydrogen (secondary N) is 1. The van der Waals surface area contributed by atoms with Crippen molar-refractivity contribution in [2.24, 2.45) is 11.8 Å². The van der Waals surface area contributed by atoms with Crippen molar-refractivity contribution in [3.63, 3.8) is 0 Å². The molecular weight excluding hydrogens is 230 g/mol. The van der Waals surface area contributed by atoms with E-state index in [1.54, 1.807) is 0 Å². The molecule has 0 spiro atoms. The molecule has 0 bridgehead atoms. The number of unbranched alkanes of at least 4 members (excludes halogenated alkanes) is 8. The van der Waals surface area contributed by atoms with E-state index >= 15 is 0 Å². The molecule has 0 amide bonds. The molecule has 1 heterocycles. The third-order valence-electron chi connectivity index (χ3n) is 4.84. The lowest BCUT2D eigenvalue weighted by Gasteiger charge is -2.35. The standard InChI is InChI=1S/C18H37N/c1-3-5-7-9-11-13-17(18-15-19-16-18)14-12-10-8-6-4-2/h17-19H,3-16H2,1-2H3. The third-order valence-corrected chi connectivity index (χ3v) is 4.84. The molecule has 1 saturated heterocycles. The topological polar surface area (TPSA) is 12.0 Å². The summed E-state index contributed by atoms with van der Waals surface area (Å²) in [6.07, 6.45) is 17.5. The van der Waals surface area contributed by atoms with Crippen LogP contribution in [0.3, 0.4) is 0 Å². The molecule has 0 aromatic carbocycles. The monoisotopic (exact) mass is 267 g/mol. The Bertz CT molecular complexity index is 172. The van der Waals surface area contributed by atoms with Crippen LogP contribution in [0.25, 0.3) is 0 Å². The van der Waals surface area contributed by atoms with Gasteiger partial charge in [0.2, 0.25) is 0 Å². The molecular formula is C18H37N. The predicted octanol–water partition coefficient (Wildman–Crippen LogP) is 5.54. The number of hydrogen-bond donors (Lipinski definition) is 1. The van der Waals surface area contributed by atoms with Gasteiger partial charge in [-0.3, -0.25) is 0 Å². The first-order chi connectivity index (χ1) is 9.38. The van der Waals surface area contributed by atoms with Crippen LogP contribution in [0.4, 0.5) is 0 Å². The molecule has 0 aromatic heterocycles. The molecule has 1 rings (SSSR count).